The molecule has 0 saturated carbocycles. The third kappa shape index (κ3) is 4.02. The van der Waals surface area contributed by atoms with Crippen molar-refractivity contribution in [2.45, 2.75) is 26.3 Å². The number of anilines is 1. The zero-order valence-corrected chi connectivity index (χ0v) is 21.3. The maximum absolute atomic E-state index is 13.2. The Hall–Kier alpha value is -4.22. The second-order valence-electron chi connectivity index (χ2n) is 10.2. The van der Waals surface area contributed by atoms with E-state index in [2.05, 4.69) is 59.5 Å². The summed E-state index contributed by atoms with van der Waals surface area (Å²) in [4.78, 5) is 20.8. The van der Waals surface area contributed by atoms with Gasteiger partial charge in [-0.25, -0.2) is 4.85 Å². The van der Waals surface area contributed by atoms with Crippen LogP contribution in [0.3, 0.4) is 0 Å². The molecular formula is C29H29N7O. The molecule has 1 atom stereocenters. The number of fused-ring (bicyclic) bond motifs is 5. The van der Waals surface area contributed by atoms with Gasteiger partial charge in [0, 0.05) is 36.5 Å². The van der Waals surface area contributed by atoms with Crippen LogP contribution in [0.25, 0.3) is 33.2 Å². The van der Waals surface area contributed by atoms with E-state index in [9.17, 15) is 4.79 Å². The second-order valence-corrected chi connectivity index (χ2v) is 10.2. The summed E-state index contributed by atoms with van der Waals surface area (Å²) in [6.45, 7) is 11.5. The number of rotatable bonds is 5. The van der Waals surface area contributed by atoms with Crippen molar-refractivity contribution >= 4 is 17.3 Å². The van der Waals surface area contributed by atoms with Crippen LogP contribution in [0.4, 0.5) is 11.4 Å². The topological polar surface area (TPSA) is 63.6 Å². The van der Waals surface area contributed by atoms with E-state index in [0.717, 1.165) is 71.3 Å². The highest BCUT2D eigenvalue weighted by Crippen LogP contribution is 2.37. The molecule has 4 aromatic rings. The maximum Gasteiger partial charge on any atom is 0.230 e. The van der Waals surface area contributed by atoms with Gasteiger partial charge in [0.05, 0.1) is 18.0 Å². The summed E-state index contributed by atoms with van der Waals surface area (Å²) < 4.78 is 4.31. The van der Waals surface area contributed by atoms with Crippen LogP contribution in [0.1, 0.15) is 24.2 Å². The Morgan fingerprint density at radius 2 is 1.89 bits per heavy atom. The number of hydrogen-bond acceptors (Lipinski definition) is 4. The van der Waals surface area contributed by atoms with E-state index in [1.54, 1.807) is 0 Å². The summed E-state index contributed by atoms with van der Waals surface area (Å²) in [5.41, 5.74) is 6.85. The predicted molar refractivity (Wildman–Crippen MR) is 144 cm³/mol. The van der Waals surface area contributed by atoms with Gasteiger partial charge < -0.3 is 14.4 Å². The lowest BCUT2D eigenvalue weighted by molar-refractivity contribution is -0.120. The van der Waals surface area contributed by atoms with Crippen LogP contribution in [0.5, 0.6) is 0 Å². The third-order valence-corrected chi connectivity index (χ3v) is 7.48. The van der Waals surface area contributed by atoms with E-state index < -0.39 is 0 Å². The summed E-state index contributed by atoms with van der Waals surface area (Å²) in [7, 11) is 4.10. The second kappa shape index (κ2) is 9.02. The Balaban J connectivity index is 1.38. The summed E-state index contributed by atoms with van der Waals surface area (Å²) in [5, 5.41) is 8.93. The van der Waals surface area contributed by atoms with E-state index in [1.807, 2.05) is 50.2 Å². The highest BCUT2D eigenvalue weighted by atomic mass is 16.2. The molecule has 2 aromatic carbocycles. The fourth-order valence-corrected chi connectivity index (χ4v) is 5.48. The average Bonchev–Trinajstić information content (AvgIpc) is 3.57. The van der Waals surface area contributed by atoms with E-state index in [1.165, 1.54) is 0 Å². The quantitative estimate of drug-likeness (QED) is 0.327. The lowest BCUT2D eigenvalue weighted by atomic mass is 10.0. The summed E-state index contributed by atoms with van der Waals surface area (Å²) in [6, 6.07) is 16.1. The highest BCUT2D eigenvalue weighted by Gasteiger charge is 2.33. The molecule has 2 aliphatic heterocycles. The van der Waals surface area contributed by atoms with Gasteiger partial charge in [-0.05, 0) is 75.8 Å². The molecule has 0 aliphatic carbocycles. The SMILES string of the molecule is [C-]#[N+]c1ccc(-c2cc3n(c2)Cc2cc(N4CCC(CCN(C)C)C4=O)ccc2-n2c(C)nnc2-3)cc1. The fraction of sp³-hybridized carbons (Fsp3) is 0.310. The van der Waals surface area contributed by atoms with E-state index >= 15 is 0 Å². The monoisotopic (exact) mass is 491 g/mol. The number of aromatic nitrogens is 4. The maximum atomic E-state index is 13.2. The Bertz CT molecular complexity index is 1540. The van der Waals surface area contributed by atoms with E-state index in [0.29, 0.717) is 12.2 Å². The molecule has 1 saturated heterocycles. The van der Waals surface area contributed by atoms with Gasteiger partial charge in [-0.1, -0.05) is 24.3 Å². The van der Waals surface area contributed by atoms with Gasteiger partial charge in [0.2, 0.25) is 5.91 Å². The Kier molecular flexibility index (Phi) is 5.65. The number of carbonyl (C=O) groups is 1. The minimum atomic E-state index is 0.0840. The summed E-state index contributed by atoms with van der Waals surface area (Å²) in [6.07, 6.45) is 3.93. The largest absolute Gasteiger partial charge is 0.340 e. The van der Waals surface area contributed by atoms with Gasteiger partial charge in [0.25, 0.3) is 0 Å². The summed E-state index contributed by atoms with van der Waals surface area (Å²) >= 11 is 0. The highest BCUT2D eigenvalue weighted by molar-refractivity contribution is 5.97. The third-order valence-electron chi connectivity index (χ3n) is 7.48. The molecule has 4 heterocycles. The zero-order chi connectivity index (χ0) is 25.7. The molecule has 8 heteroatoms. The number of carbonyl (C=O) groups excluding carboxylic acids is 1. The molecule has 2 aliphatic rings. The minimum absolute atomic E-state index is 0.0840. The Labute approximate surface area is 216 Å². The van der Waals surface area contributed by atoms with E-state index in [4.69, 9.17) is 6.57 Å². The van der Waals surface area contributed by atoms with Crippen LogP contribution in [-0.2, 0) is 11.3 Å². The van der Waals surface area contributed by atoms with Gasteiger partial charge in [0.1, 0.15) is 5.82 Å². The predicted octanol–water partition coefficient (Wildman–Crippen LogP) is 4.93. The molecule has 8 nitrogen and oxygen atoms in total. The number of nitrogens with zero attached hydrogens (tertiary/aromatic N) is 7. The summed E-state index contributed by atoms with van der Waals surface area (Å²) in [5.74, 6) is 1.93. The lowest BCUT2D eigenvalue weighted by Gasteiger charge is -2.20. The first-order chi connectivity index (χ1) is 17.9. The van der Waals surface area contributed by atoms with Gasteiger partial charge >= 0.3 is 0 Å². The van der Waals surface area contributed by atoms with Crippen molar-refractivity contribution in [1.29, 1.82) is 0 Å². The van der Waals surface area contributed by atoms with Crippen molar-refractivity contribution in [3.05, 3.63) is 77.5 Å². The van der Waals surface area contributed by atoms with Crippen molar-refractivity contribution in [1.82, 2.24) is 24.2 Å². The van der Waals surface area contributed by atoms with Gasteiger partial charge in [-0.3, -0.25) is 9.36 Å². The van der Waals surface area contributed by atoms with Crippen molar-refractivity contribution in [3.8, 4) is 28.3 Å². The first kappa shape index (κ1) is 23.2. The number of hydrogen-bond donors (Lipinski definition) is 0. The molecule has 2 aromatic heterocycles. The van der Waals surface area contributed by atoms with Crippen LogP contribution in [-0.4, -0.2) is 57.3 Å². The van der Waals surface area contributed by atoms with Crippen LogP contribution in [0.15, 0.2) is 54.7 Å². The molecular weight excluding hydrogens is 462 g/mol. The number of aryl methyl sites for hydroxylation is 1. The molecule has 0 spiro atoms. The van der Waals surface area contributed by atoms with Crippen LogP contribution in [0, 0.1) is 19.4 Å². The molecule has 1 unspecified atom stereocenters. The lowest BCUT2D eigenvalue weighted by Crippen LogP contribution is -2.28. The van der Waals surface area contributed by atoms with Crippen molar-refractivity contribution < 1.29 is 4.79 Å². The fourth-order valence-electron chi connectivity index (χ4n) is 5.48. The molecule has 6 rings (SSSR count). The molecule has 0 N–H and O–H groups in total. The van der Waals surface area contributed by atoms with Gasteiger partial charge in [0.15, 0.2) is 11.5 Å². The van der Waals surface area contributed by atoms with Crippen LogP contribution < -0.4 is 4.90 Å². The van der Waals surface area contributed by atoms with Crippen molar-refractivity contribution in [3.63, 3.8) is 0 Å². The minimum Gasteiger partial charge on any atom is -0.340 e. The first-order valence-electron chi connectivity index (χ1n) is 12.6. The van der Waals surface area contributed by atoms with Crippen molar-refractivity contribution in [2.24, 2.45) is 5.92 Å². The standard InChI is InChI=1S/C29H29N7O/c1-19-31-32-28-27-16-22(20-5-7-24(30-2)8-6-20)17-34(27)18-23-15-25(9-10-26(23)36(19)28)35-14-12-21(29(35)37)11-13-33(3)4/h5-10,15-17,21H,11-14,18H2,1,3-4H3. The number of benzene rings is 2. The Morgan fingerprint density at radius 3 is 2.65 bits per heavy atom. The normalized spacial score (nSPS) is 16.4. The first-order valence-corrected chi connectivity index (χ1v) is 12.6. The molecule has 0 radical (unpaired) electrons. The average molecular weight is 492 g/mol. The molecule has 37 heavy (non-hydrogen) atoms. The molecule has 1 amide bonds. The Morgan fingerprint density at radius 1 is 1.08 bits per heavy atom. The molecule has 0 bridgehead atoms. The van der Waals surface area contributed by atoms with Gasteiger partial charge in [-0.2, -0.15) is 0 Å². The van der Waals surface area contributed by atoms with Gasteiger partial charge in [-0.15, -0.1) is 10.2 Å². The molecule has 1 fully saturated rings. The smallest absolute Gasteiger partial charge is 0.230 e. The number of amides is 1. The van der Waals surface area contributed by atoms with Crippen molar-refractivity contribution in [2.75, 3.05) is 32.1 Å². The zero-order valence-electron chi connectivity index (χ0n) is 21.3. The van der Waals surface area contributed by atoms with E-state index in [-0.39, 0.29) is 11.8 Å². The molecule has 186 valence electrons. The van der Waals surface area contributed by atoms with Crippen LogP contribution in [0.2, 0.25) is 0 Å². The van der Waals surface area contributed by atoms with Crippen LogP contribution >= 0.6 is 0 Å².